The van der Waals surface area contributed by atoms with Gasteiger partial charge in [-0.05, 0) is 163 Å². The fourth-order valence-electron chi connectivity index (χ4n) is 13.3. The molecule has 0 aliphatic heterocycles. The number of rotatable bonds is 31. The minimum absolute atomic E-state index is 0.342. The summed E-state index contributed by atoms with van der Waals surface area (Å²) in [7, 11) is 31.1. The molecule has 0 aliphatic rings. The third-order valence-corrected chi connectivity index (χ3v) is 18.7. The van der Waals surface area contributed by atoms with Crippen molar-refractivity contribution in [2.45, 2.75) is 12.2 Å². The van der Waals surface area contributed by atoms with Crippen LogP contribution in [0.3, 0.4) is 0 Å². The van der Waals surface area contributed by atoms with Gasteiger partial charge in [-0.1, -0.05) is 60.7 Å². The number of benzene rings is 10. The van der Waals surface area contributed by atoms with Crippen LogP contribution in [-0.2, 0) is 19.1 Å². The van der Waals surface area contributed by atoms with Crippen LogP contribution in [0.4, 0.5) is 11.4 Å². The largest absolute Gasteiger partial charge is 0.493 e. The number of anilines is 2. The Morgan fingerprint density at radius 3 is 0.509 bits per heavy atom. The van der Waals surface area contributed by atoms with Gasteiger partial charge in [0.2, 0.25) is 0 Å². The first-order chi connectivity index (χ1) is 51.4. The van der Waals surface area contributed by atoms with Crippen molar-refractivity contribution in [1.82, 2.24) is 0 Å². The first kappa shape index (κ1) is 76.5. The van der Waals surface area contributed by atoms with Crippen molar-refractivity contribution >= 4 is 23.2 Å². The number of methoxy groups -OCH3 is 18. The van der Waals surface area contributed by atoms with E-state index in [0.29, 0.717) is 192 Å². The van der Waals surface area contributed by atoms with E-state index in [2.05, 4.69) is 0 Å². The molecule has 106 heavy (non-hydrogen) atoms. The average molecular weight is 1450 g/mol. The maximum absolute atomic E-state index is 15.1. The van der Waals surface area contributed by atoms with Crippen molar-refractivity contribution in [3.8, 4) is 170 Å². The molecule has 0 N–H and O–H groups in total. The highest BCUT2D eigenvalue weighted by molar-refractivity contribution is 6.08. The van der Waals surface area contributed by atoms with Crippen LogP contribution in [0.5, 0.6) is 92.0 Å². The molecular weight excluding hydrogens is 1360 g/mol. The lowest BCUT2D eigenvalue weighted by Gasteiger charge is -2.28. The second-order valence-electron chi connectivity index (χ2n) is 23.8. The molecule has 0 spiro atoms. The molecule has 0 fully saturated rings. The van der Waals surface area contributed by atoms with Gasteiger partial charge >= 0.3 is 0 Å². The molecule has 10 rings (SSSR count). The van der Waals surface area contributed by atoms with E-state index in [-0.39, 0.29) is 11.8 Å². The average Bonchev–Trinajstić information content (AvgIpc) is 0.740. The van der Waals surface area contributed by atoms with Gasteiger partial charge in [0.05, 0.1) is 125 Å². The molecule has 2 atom stereocenters. The van der Waals surface area contributed by atoms with Gasteiger partial charge in [-0.2, -0.15) is 0 Å². The summed E-state index contributed by atoms with van der Waals surface area (Å²) in [5.41, 5.74) is 9.68. The summed E-state index contributed by atoms with van der Waals surface area (Å²) in [5, 5.41) is 0. The molecule has 10 aromatic carbocycles. The number of hydrogen-bond acceptors (Lipinski definition) is 20. The summed E-state index contributed by atoms with van der Waals surface area (Å²) < 4.78 is 111. The van der Waals surface area contributed by atoms with Gasteiger partial charge in [-0.25, -0.2) is 0 Å². The maximum atomic E-state index is 15.1. The topological polar surface area (TPSA) is 207 Å². The molecule has 2 amide bonds. The third-order valence-electron chi connectivity index (χ3n) is 18.7. The first-order valence-electron chi connectivity index (χ1n) is 33.2. The van der Waals surface area contributed by atoms with Crippen molar-refractivity contribution in [2.24, 2.45) is 0 Å². The van der Waals surface area contributed by atoms with Crippen LogP contribution in [0.2, 0.25) is 0 Å². The van der Waals surface area contributed by atoms with Gasteiger partial charge in [0.15, 0.2) is 104 Å². The molecule has 0 saturated heterocycles. The van der Waals surface area contributed by atoms with Crippen LogP contribution < -0.4 is 85.6 Å². The Labute approximate surface area is 618 Å². The van der Waals surface area contributed by atoms with Crippen LogP contribution in [-0.4, -0.2) is 154 Å². The third kappa shape index (κ3) is 14.6. The van der Waals surface area contributed by atoms with Gasteiger partial charge < -0.3 is 95.1 Å². The van der Waals surface area contributed by atoms with Crippen molar-refractivity contribution < 1.29 is 94.9 Å². The standard InChI is InChI=1S/C84H88N2O20/c1-85(83(87)81(105-19)47-27-23-21-24-28-47)63-45-79(103-17)77(101-15)43-61(63)59-41-75(99-13)73(97-11)39-57(59)55-37-71(95-9)69(93-7)35-53(55)51-33-67(91-5)65(89-3)31-49(51)50-32-66(90-4)68(92-6)34-52(50)54-36-70(94-8)72(96-10)38-56(54)58-40-74(98-12)76(100-14)42-60(58)62-44-78(102-16)80(104-18)46-64(62)86(2)84(88)82(106-20)48-29-25-22-26-30-48/h21-46,81-82H,1-20H3/t81-,82-/m1/s1. The minimum Gasteiger partial charge on any atom is -0.493 e. The summed E-state index contributed by atoms with van der Waals surface area (Å²) in [5.74, 6) is 4.83. The second-order valence-corrected chi connectivity index (χ2v) is 23.8. The number of hydrogen-bond donors (Lipinski definition) is 0. The fraction of sp³-hybridized carbons (Fsp3) is 0.262. The Balaban J connectivity index is 1.34. The number of carbonyl (C=O) groups excluding carboxylic acids is 2. The number of nitrogens with zero attached hydrogens (tertiary/aromatic N) is 2. The van der Waals surface area contributed by atoms with Gasteiger partial charge in [0.25, 0.3) is 11.8 Å². The normalized spacial score (nSPS) is 11.5. The number of amides is 2. The van der Waals surface area contributed by atoms with E-state index in [0.717, 1.165) is 0 Å². The molecule has 0 unspecified atom stereocenters. The Morgan fingerprint density at radius 1 is 0.217 bits per heavy atom. The van der Waals surface area contributed by atoms with Crippen LogP contribution >= 0.6 is 0 Å². The molecular formula is C84H88N2O20. The molecule has 554 valence electrons. The van der Waals surface area contributed by atoms with Gasteiger partial charge in [-0.3, -0.25) is 9.59 Å². The zero-order valence-electron chi connectivity index (χ0n) is 63.2. The summed E-state index contributed by atoms with van der Waals surface area (Å²) in [6.07, 6.45) is -2.03. The fourth-order valence-corrected chi connectivity index (χ4v) is 13.3. The number of carbonyl (C=O) groups is 2. The lowest BCUT2D eigenvalue weighted by atomic mass is 9.82. The maximum Gasteiger partial charge on any atom is 0.260 e. The molecule has 0 saturated carbocycles. The molecule has 0 bridgehead atoms. The van der Waals surface area contributed by atoms with Gasteiger partial charge in [0, 0.05) is 51.6 Å². The summed E-state index contributed by atoms with van der Waals surface area (Å²) >= 11 is 0. The number of ether oxygens (including phenoxy) is 18. The van der Waals surface area contributed by atoms with E-state index in [4.69, 9.17) is 85.3 Å². The van der Waals surface area contributed by atoms with Crippen molar-refractivity contribution in [2.75, 3.05) is 152 Å². The van der Waals surface area contributed by atoms with Crippen LogP contribution in [0.25, 0.3) is 77.9 Å². The van der Waals surface area contributed by atoms with Crippen molar-refractivity contribution in [3.05, 3.63) is 169 Å². The lowest BCUT2D eigenvalue weighted by Crippen LogP contribution is -2.33. The van der Waals surface area contributed by atoms with E-state index < -0.39 is 12.2 Å². The summed E-state index contributed by atoms with van der Waals surface area (Å²) in [6.45, 7) is 0. The SMILES string of the molecule is COc1cc(-c2cc(OC)c(OC)cc2-c2cc(OC)c(OC)cc2-c2cc(OC)c(OC)cc2-c2cc(OC)c(OC)cc2N(C)C(=O)[C@H](OC)c2ccccc2)c(-c2cc(OC)c(OC)cc2-c2cc(OC)c(OC)cc2-c2cc(OC)c(OC)cc2N(C)C(=O)[C@H](OC)c2ccccc2)cc1OC. The molecule has 0 aromatic heterocycles. The quantitative estimate of drug-likeness (QED) is 0.0396. The zero-order chi connectivity index (χ0) is 76.2. The highest BCUT2D eigenvalue weighted by Gasteiger charge is 2.34. The lowest BCUT2D eigenvalue weighted by molar-refractivity contribution is -0.129. The Bertz CT molecular complexity index is 4530. The highest BCUT2D eigenvalue weighted by Crippen LogP contribution is 2.57. The van der Waals surface area contributed by atoms with Crippen LogP contribution in [0, 0.1) is 0 Å². The molecule has 0 heterocycles. The molecule has 22 heteroatoms. The monoisotopic (exact) mass is 1440 g/mol. The first-order valence-corrected chi connectivity index (χ1v) is 33.2. The minimum atomic E-state index is -1.01. The predicted molar refractivity (Wildman–Crippen MR) is 409 cm³/mol. The predicted octanol–water partition coefficient (Wildman–Crippen LogP) is 16.2. The van der Waals surface area contributed by atoms with Crippen molar-refractivity contribution in [3.63, 3.8) is 0 Å². The van der Waals surface area contributed by atoms with E-state index in [9.17, 15) is 0 Å². The van der Waals surface area contributed by atoms with Gasteiger partial charge in [0.1, 0.15) is 0 Å². The molecule has 0 aliphatic carbocycles. The Morgan fingerprint density at radius 2 is 0.358 bits per heavy atom. The molecule has 22 nitrogen and oxygen atoms in total. The van der Waals surface area contributed by atoms with E-state index >= 15 is 9.59 Å². The van der Waals surface area contributed by atoms with E-state index in [1.54, 1.807) is 112 Å². The van der Waals surface area contributed by atoms with Crippen molar-refractivity contribution in [1.29, 1.82) is 0 Å². The molecule has 0 radical (unpaired) electrons. The smallest absolute Gasteiger partial charge is 0.260 e. The molecule has 10 aromatic rings. The summed E-state index contributed by atoms with van der Waals surface area (Å²) in [6, 6.07) is 48.0. The van der Waals surface area contributed by atoms with Crippen LogP contribution in [0.1, 0.15) is 23.3 Å². The zero-order valence-corrected chi connectivity index (χ0v) is 63.2. The second kappa shape index (κ2) is 34.0. The Hall–Kier alpha value is -12.1. The van der Waals surface area contributed by atoms with E-state index in [1.165, 1.54) is 52.5 Å². The Kier molecular flexibility index (Phi) is 24.5. The van der Waals surface area contributed by atoms with E-state index in [1.807, 2.05) is 146 Å². The van der Waals surface area contributed by atoms with Crippen LogP contribution in [0.15, 0.2) is 158 Å². The van der Waals surface area contributed by atoms with Gasteiger partial charge in [-0.15, -0.1) is 0 Å². The number of likely N-dealkylation sites (N-methyl/N-ethyl adjacent to an activating group) is 2. The highest BCUT2D eigenvalue weighted by atomic mass is 16.5. The summed E-state index contributed by atoms with van der Waals surface area (Å²) in [4.78, 5) is 33.3.